The number of nitrogens with zero attached hydrogens (tertiary/aromatic N) is 3. The van der Waals surface area contributed by atoms with Crippen LogP contribution >= 0.6 is 0 Å². The van der Waals surface area contributed by atoms with Crippen LogP contribution in [0.2, 0.25) is 0 Å². The van der Waals surface area contributed by atoms with E-state index in [1.165, 1.54) is 10.8 Å². The van der Waals surface area contributed by atoms with Crippen LogP contribution in [0.3, 0.4) is 0 Å². The Bertz CT molecular complexity index is 1150. The van der Waals surface area contributed by atoms with Crippen molar-refractivity contribution in [1.82, 2.24) is 14.9 Å². The molecule has 0 amide bonds. The first-order chi connectivity index (χ1) is 15.2. The van der Waals surface area contributed by atoms with E-state index in [9.17, 15) is 0 Å². The summed E-state index contributed by atoms with van der Waals surface area (Å²) in [6, 6.07) is 18.7. The van der Waals surface area contributed by atoms with E-state index in [1.54, 1.807) is 6.20 Å². The highest BCUT2D eigenvalue weighted by Crippen LogP contribution is 2.27. The monoisotopic (exact) mass is 413 g/mol. The highest BCUT2D eigenvalue weighted by molar-refractivity contribution is 5.86. The summed E-state index contributed by atoms with van der Waals surface area (Å²) < 4.78 is 12.1. The molecule has 5 rings (SSSR count). The molecular formula is C26H27N3O2. The summed E-state index contributed by atoms with van der Waals surface area (Å²) in [7, 11) is 0. The van der Waals surface area contributed by atoms with Gasteiger partial charge in [0.2, 0.25) is 5.89 Å². The van der Waals surface area contributed by atoms with E-state index < -0.39 is 0 Å². The lowest BCUT2D eigenvalue weighted by molar-refractivity contribution is -0.00427. The number of aromatic nitrogens is 2. The molecule has 1 saturated heterocycles. The number of oxazole rings is 1. The molecule has 0 atom stereocenters. The van der Waals surface area contributed by atoms with Gasteiger partial charge in [0.05, 0.1) is 18.4 Å². The summed E-state index contributed by atoms with van der Waals surface area (Å²) in [5.41, 5.74) is 3.18. The number of likely N-dealkylation sites (tertiary alicyclic amines) is 1. The molecule has 0 aliphatic carbocycles. The topological polar surface area (TPSA) is 51.4 Å². The zero-order valence-corrected chi connectivity index (χ0v) is 17.8. The third-order valence-electron chi connectivity index (χ3n) is 6.01. The van der Waals surface area contributed by atoms with Gasteiger partial charge in [0.25, 0.3) is 0 Å². The SMILES string of the molecule is Cc1oc(-c2ccc3ccccc3c2)nc1CN1CCC(OCc2cccnc2)CC1. The Morgan fingerprint density at radius 1 is 1.03 bits per heavy atom. The van der Waals surface area contributed by atoms with E-state index in [2.05, 4.69) is 58.4 Å². The van der Waals surface area contributed by atoms with Gasteiger partial charge in [-0.25, -0.2) is 4.98 Å². The van der Waals surface area contributed by atoms with E-state index in [-0.39, 0.29) is 0 Å². The summed E-state index contributed by atoms with van der Waals surface area (Å²) >= 11 is 0. The van der Waals surface area contributed by atoms with Crippen LogP contribution in [0, 0.1) is 6.92 Å². The maximum Gasteiger partial charge on any atom is 0.226 e. The molecule has 3 heterocycles. The average Bonchev–Trinajstić information content (AvgIpc) is 3.19. The molecule has 1 aliphatic heterocycles. The first-order valence-electron chi connectivity index (χ1n) is 10.9. The molecule has 0 N–H and O–H groups in total. The zero-order chi connectivity index (χ0) is 21.0. The maximum atomic E-state index is 6.09. The lowest BCUT2D eigenvalue weighted by Gasteiger charge is -2.31. The Labute approximate surface area is 182 Å². The highest BCUT2D eigenvalue weighted by Gasteiger charge is 2.22. The fourth-order valence-electron chi connectivity index (χ4n) is 4.16. The van der Waals surface area contributed by atoms with Gasteiger partial charge in [0.1, 0.15) is 5.76 Å². The Hall–Kier alpha value is -3.02. The summed E-state index contributed by atoms with van der Waals surface area (Å²) in [5, 5.41) is 2.43. The molecule has 5 heteroatoms. The minimum absolute atomic E-state index is 0.308. The first kappa shape index (κ1) is 19.9. The number of ether oxygens (including phenoxy) is 1. The van der Waals surface area contributed by atoms with Crippen LogP contribution in [0.15, 0.2) is 71.4 Å². The van der Waals surface area contributed by atoms with Crippen LogP contribution in [0.4, 0.5) is 0 Å². The molecular weight excluding hydrogens is 386 g/mol. The van der Waals surface area contributed by atoms with Crippen molar-refractivity contribution in [3.05, 3.63) is 84.0 Å². The van der Waals surface area contributed by atoms with Crippen molar-refractivity contribution >= 4 is 10.8 Å². The zero-order valence-electron chi connectivity index (χ0n) is 17.8. The predicted molar refractivity (Wildman–Crippen MR) is 122 cm³/mol. The fraction of sp³-hybridized carbons (Fsp3) is 0.308. The van der Waals surface area contributed by atoms with Crippen LogP contribution < -0.4 is 0 Å². The number of benzene rings is 2. The van der Waals surface area contributed by atoms with Gasteiger partial charge in [0.15, 0.2) is 0 Å². The molecule has 0 spiro atoms. The average molecular weight is 414 g/mol. The lowest BCUT2D eigenvalue weighted by atomic mass is 10.1. The van der Waals surface area contributed by atoms with Crippen LogP contribution in [0.5, 0.6) is 0 Å². The quantitative estimate of drug-likeness (QED) is 0.425. The summed E-state index contributed by atoms with van der Waals surface area (Å²) in [5.74, 6) is 1.60. The van der Waals surface area contributed by atoms with Crippen LogP contribution in [-0.2, 0) is 17.9 Å². The van der Waals surface area contributed by atoms with Crippen molar-refractivity contribution in [2.75, 3.05) is 13.1 Å². The van der Waals surface area contributed by atoms with E-state index in [0.717, 1.165) is 55.1 Å². The smallest absolute Gasteiger partial charge is 0.226 e. The first-order valence-corrected chi connectivity index (χ1v) is 10.9. The number of rotatable bonds is 6. The number of hydrogen-bond acceptors (Lipinski definition) is 5. The van der Waals surface area contributed by atoms with Crippen molar-refractivity contribution in [2.45, 2.75) is 39.0 Å². The van der Waals surface area contributed by atoms with Crippen molar-refractivity contribution in [1.29, 1.82) is 0 Å². The van der Waals surface area contributed by atoms with Gasteiger partial charge >= 0.3 is 0 Å². The van der Waals surface area contributed by atoms with E-state index in [0.29, 0.717) is 18.6 Å². The molecule has 2 aromatic carbocycles. The maximum absolute atomic E-state index is 6.09. The van der Waals surface area contributed by atoms with Gasteiger partial charge in [-0.2, -0.15) is 0 Å². The standard InChI is InChI=1S/C26H27N3O2/c1-19-25(28-26(31-19)23-9-8-21-6-2-3-7-22(21)15-23)17-29-13-10-24(11-14-29)30-18-20-5-4-12-27-16-20/h2-9,12,15-16,24H,10-11,13-14,17-18H2,1H3. The summed E-state index contributed by atoms with van der Waals surface area (Å²) in [6.07, 6.45) is 6.04. The van der Waals surface area contributed by atoms with E-state index in [1.807, 2.05) is 19.2 Å². The van der Waals surface area contributed by atoms with Gasteiger partial charge in [-0.15, -0.1) is 0 Å². The van der Waals surface area contributed by atoms with E-state index >= 15 is 0 Å². The van der Waals surface area contributed by atoms with Crippen molar-refractivity contribution in [3.63, 3.8) is 0 Å². The highest BCUT2D eigenvalue weighted by atomic mass is 16.5. The van der Waals surface area contributed by atoms with Gasteiger partial charge < -0.3 is 9.15 Å². The minimum atomic E-state index is 0.308. The number of piperidine rings is 1. The van der Waals surface area contributed by atoms with Crippen LogP contribution in [0.25, 0.3) is 22.2 Å². The van der Waals surface area contributed by atoms with Gasteiger partial charge in [-0.1, -0.05) is 36.4 Å². The van der Waals surface area contributed by atoms with Crippen LogP contribution in [-0.4, -0.2) is 34.1 Å². The fourth-order valence-corrected chi connectivity index (χ4v) is 4.16. The van der Waals surface area contributed by atoms with Gasteiger partial charge in [0, 0.05) is 37.6 Å². The summed E-state index contributed by atoms with van der Waals surface area (Å²) in [6.45, 7) is 5.48. The van der Waals surface area contributed by atoms with Gasteiger partial charge in [-0.05, 0) is 54.3 Å². The Balaban J connectivity index is 1.19. The summed E-state index contributed by atoms with van der Waals surface area (Å²) in [4.78, 5) is 11.4. The van der Waals surface area contributed by atoms with Crippen molar-refractivity contribution < 1.29 is 9.15 Å². The molecule has 2 aromatic heterocycles. The molecule has 0 radical (unpaired) electrons. The Morgan fingerprint density at radius 2 is 1.87 bits per heavy atom. The molecule has 0 bridgehead atoms. The predicted octanol–water partition coefficient (Wildman–Crippen LogP) is 5.38. The number of pyridine rings is 1. The molecule has 5 nitrogen and oxygen atoms in total. The van der Waals surface area contributed by atoms with Crippen LogP contribution in [0.1, 0.15) is 29.9 Å². The number of hydrogen-bond donors (Lipinski definition) is 0. The third-order valence-corrected chi connectivity index (χ3v) is 6.01. The molecule has 1 aliphatic rings. The largest absolute Gasteiger partial charge is 0.441 e. The lowest BCUT2D eigenvalue weighted by Crippen LogP contribution is -2.36. The minimum Gasteiger partial charge on any atom is -0.441 e. The second-order valence-corrected chi connectivity index (χ2v) is 8.23. The molecule has 158 valence electrons. The molecule has 4 aromatic rings. The van der Waals surface area contributed by atoms with Crippen molar-refractivity contribution in [2.24, 2.45) is 0 Å². The van der Waals surface area contributed by atoms with Gasteiger partial charge in [-0.3, -0.25) is 9.88 Å². The molecule has 0 saturated carbocycles. The molecule has 0 unspecified atom stereocenters. The molecule has 1 fully saturated rings. The van der Waals surface area contributed by atoms with E-state index in [4.69, 9.17) is 14.1 Å². The Morgan fingerprint density at radius 3 is 2.68 bits per heavy atom. The molecule has 31 heavy (non-hydrogen) atoms. The third kappa shape index (κ3) is 4.68. The second-order valence-electron chi connectivity index (χ2n) is 8.23. The number of aryl methyl sites for hydroxylation is 1. The second kappa shape index (κ2) is 9.00. The number of fused-ring (bicyclic) bond motifs is 1. The van der Waals surface area contributed by atoms with Crippen molar-refractivity contribution in [3.8, 4) is 11.5 Å². The Kier molecular flexibility index (Phi) is 5.78. The normalized spacial score (nSPS) is 15.5.